The van der Waals surface area contributed by atoms with Crippen molar-refractivity contribution in [2.45, 2.75) is 32.0 Å². The van der Waals surface area contributed by atoms with Crippen LogP contribution in [0.1, 0.15) is 25.7 Å². The van der Waals surface area contributed by atoms with Gasteiger partial charge in [-0.1, -0.05) is 6.42 Å². The van der Waals surface area contributed by atoms with E-state index in [1.807, 2.05) is 0 Å². The van der Waals surface area contributed by atoms with Crippen molar-refractivity contribution < 1.29 is 14.2 Å². The molecule has 0 N–H and O–H groups in total. The van der Waals surface area contributed by atoms with Crippen LogP contribution >= 0.6 is 0 Å². The van der Waals surface area contributed by atoms with Crippen molar-refractivity contribution in [2.24, 2.45) is 0 Å². The Hall–Kier alpha value is -0.120. The Balaban J connectivity index is 3.06. The summed E-state index contributed by atoms with van der Waals surface area (Å²) in [6.45, 7) is 0.852. The Morgan fingerprint density at radius 3 is 2.08 bits per heavy atom. The first-order valence-electron chi connectivity index (χ1n) is 4.39. The van der Waals surface area contributed by atoms with Gasteiger partial charge >= 0.3 is 0 Å². The normalized spacial score (nSPS) is 11.0. The summed E-state index contributed by atoms with van der Waals surface area (Å²) >= 11 is 0. The number of hydrogen-bond acceptors (Lipinski definition) is 3. The van der Waals surface area contributed by atoms with Crippen molar-refractivity contribution in [1.29, 1.82) is 0 Å². The highest BCUT2D eigenvalue weighted by molar-refractivity contribution is 4.46. The zero-order valence-electron chi connectivity index (χ0n) is 8.34. The molecule has 3 heteroatoms. The predicted octanol–water partition coefficient (Wildman–Crippen LogP) is 1.81. The Bertz CT molecular complexity index is 81.8. The van der Waals surface area contributed by atoms with Gasteiger partial charge in [0.2, 0.25) is 0 Å². The minimum absolute atomic E-state index is 0.0347. The molecular weight excluding hydrogens is 156 g/mol. The first kappa shape index (κ1) is 11.9. The molecule has 0 saturated carbocycles. The van der Waals surface area contributed by atoms with E-state index in [0.717, 1.165) is 25.9 Å². The van der Waals surface area contributed by atoms with Crippen LogP contribution in [-0.2, 0) is 14.2 Å². The molecule has 0 amide bonds. The average Bonchev–Trinajstić information content (AvgIpc) is 2.11. The molecule has 0 aromatic heterocycles. The maximum atomic E-state index is 5.05. The standard InChI is InChI=1S/C9H20O3/c1-10-8-6-4-5-7-9(11-2)12-3/h9H,4-8H2,1-3H3. The highest BCUT2D eigenvalue weighted by Crippen LogP contribution is 2.06. The van der Waals surface area contributed by atoms with Gasteiger partial charge < -0.3 is 14.2 Å². The Labute approximate surface area is 75.0 Å². The summed E-state index contributed by atoms with van der Waals surface area (Å²) < 4.78 is 15.0. The minimum Gasteiger partial charge on any atom is -0.385 e. The van der Waals surface area contributed by atoms with Crippen molar-refractivity contribution in [1.82, 2.24) is 0 Å². The van der Waals surface area contributed by atoms with Crippen LogP contribution in [0.3, 0.4) is 0 Å². The summed E-state index contributed by atoms with van der Waals surface area (Å²) in [5.41, 5.74) is 0. The maximum absolute atomic E-state index is 5.05. The zero-order valence-corrected chi connectivity index (χ0v) is 8.34. The quantitative estimate of drug-likeness (QED) is 0.417. The van der Waals surface area contributed by atoms with Crippen LogP contribution in [0.15, 0.2) is 0 Å². The second-order valence-electron chi connectivity index (χ2n) is 2.74. The fourth-order valence-corrected chi connectivity index (χ4v) is 1.07. The molecule has 0 heterocycles. The molecule has 0 aromatic rings. The Morgan fingerprint density at radius 2 is 1.58 bits per heavy atom. The van der Waals surface area contributed by atoms with Crippen molar-refractivity contribution >= 4 is 0 Å². The first-order valence-corrected chi connectivity index (χ1v) is 4.39. The van der Waals surface area contributed by atoms with E-state index < -0.39 is 0 Å². The van der Waals surface area contributed by atoms with E-state index in [9.17, 15) is 0 Å². The topological polar surface area (TPSA) is 27.7 Å². The molecule has 3 nitrogen and oxygen atoms in total. The summed E-state index contributed by atoms with van der Waals surface area (Å²) in [4.78, 5) is 0. The van der Waals surface area contributed by atoms with Crippen LogP contribution in [0, 0.1) is 0 Å². The summed E-state index contributed by atoms with van der Waals surface area (Å²) in [6, 6.07) is 0. The molecule has 0 aliphatic carbocycles. The van der Waals surface area contributed by atoms with Crippen molar-refractivity contribution in [2.75, 3.05) is 27.9 Å². The molecule has 0 aliphatic rings. The van der Waals surface area contributed by atoms with Crippen LogP contribution in [0.2, 0.25) is 0 Å². The van der Waals surface area contributed by atoms with Gasteiger partial charge in [0, 0.05) is 27.9 Å². The van der Waals surface area contributed by atoms with Gasteiger partial charge in [-0.15, -0.1) is 0 Å². The number of hydrogen-bond donors (Lipinski definition) is 0. The van der Waals surface area contributed by atoms with Crippen LogP contribution in [0.4, 0.5) is 0 Å². The maximum Gasteiger partial charge on any atom is 0.156 e. The Kier molecular flexibility index (Phi) is 8.88. The molecule has 74 valence electrons. The number of ether oxygens (including phenoxy) is 3. The van der Waals surface area contributed by atoms with E-state index in [1.54, 1.807) is 21.3 Å². The average molecular weight is 176 g/mol. The molecule has 12 heavy (non-hydrogen) atoms. The van der Waals surface area contributed by atoms with Gasteiger partial charge in [-0.3, -0.25) is 0 Å². The largest absolute Gasteiger partial charge is 0.385 e. The smallest absolute Gasteiger partial charge is 0.156 e. The lowest BCUT2D eigenvalue weighted by Crippen LogP contribution is -2.12. The third-order valence-corrected chi connectivity index (χ3v) is 1.81. The van der Waals surface area contributed by atoms with E-state index in [-0.39, 0.29) is 6.29 Å². The zero-order chi connectivity index (χ0) is 9.23. The summed E-state index contributed by atoms with van der Waals surface area (Å²) in [5, 5.41) is 0. The van der Waals surface area contributed by atoms with Crippen LogP contribution in [-0.4, -0.2) is 34.2 Å². The number of rotatable bonds is 8. The third-order valence-electron chi connectivity index (χ3n) is 1.81. The van der Waals surface area contributed by atoms with Crippen molar-refractivity contribution in [3.05, 3.63) is 0 Å². The van der Waals surface area contributed by atoms with Gasteiger partial charge in [0.1, 0.15) is 0 Å². The molecule has 0 radical (unpaired) electrons. The number of methoxy groups -OCH3 is 3. The van der Waals surface area contributed by atoms with Crippen LogP contribution < -0.4 is 0 Å². The predicted molar refractivity (Wildman–Crippen MR) is 48.2 cm³/mol. The molecule has 0 saturated heterocycles. The molecular formula is C9H20O3. The summed E-state index contributed by atoms with van der Waals surface area (Å²) in [6.07, 6.45) is 4.37. The van der Waals surface area contributed by atoms with Crippen molar-refractivity contribution in [3.8, 4) is 0 Å². The fourth-order valence-electron chi connectivity index (χ4n) is 1.07. The minimum atomic E-state index is -0.0347. The molecule has 0 aliphatic heterocycles. The summed E-state index contributed by atoms with van der Waals surface area (Å²) in [7, 11) is 5.07. The lowest BCUT2D eigenvalue weighted by atomic mass is 10.2. The van der Waals surface area contributed by atoms with Crippen LogP contribution in [0.25, 0.3) is 0 Å². The molecule has 0 unspecified atom stereocenters. The lowest BCUT2D eigenvalue weighted by molar-refractivity contribution is -0.107. The van der Waals surface area contributed by atoms with Crippen molar-refractivity contribution in [3.63, 3.8) is 0 Å². The highest BCUT2D eigenvalue weighted by Gasteiger charge is 2.02. The van der Waals surface area contributed by atoms with Gasteiger partial charge in [0.25, 0.3) is 0 Å². The molecule has 0 fully saturated rings. The SMILES string of the molecule is COCCCCCC(OC)OC. The first-order chi connectivity index (χ1) is 5.85. The fraction of sp³-hybridized carbons (Fsp3) is 1.00. The molecule has 0 aromatic carbocycles. The van der Waals surface area contributed by atoms with E-state index in [0.29, 0.717) is 0 Å². The van der Waals surface area contributed by atoms with E-state index >= 15 is 0 Å². The second kappa shape index (κ2) is 8.97. The highest BCUT2D eigenvalue weighted by atomic mass is 16.7. The molecule has 0 spiro atoms. The lowest BCUT2D eigenvalue weighted by Gasteiger charge is -2.12. The van der Waals surface area contributed by atoms with Gasteiger partial charge in [0.15, 0.2) is 6.29 Å². The van der Waals surface area contributed by atoms with E-state index in [1.165, 1.54) is 6.42 Å². The molecule has 0 atom stereocenters. The molecule has 0 bridgehead atoms. The van der Waals surface area contributed by atoms with E-state index in [2.05, 4.69) is 0 Å². The van der Waals surface area contributed by atoms with Gasteiger partial charge in [-0.25, -0.2) is 0 Å². The molecule has 0 rings (SSSR count). The Morgan fingerprint density at radius 1 is 0.917 bits per heavy atom. The third kappa shape index (κ3) is 6.58. The van der Waals surface area contributed by atoms with Gasteiger partial charge in [-0.05, 0) is 19.3 Å². The number of unbranched alkanes of at least 4 members (excludes halogenated alkanes) is 2. The second-order valence-corrected chi connectivity index (χ2v) is 2.74. The van der Waals surface area contributed by atoms with Crippen LogP contribution in [0.5, 0.6) is 0 Å². The monoisotopic (exact) mass is 176 g/mol. The van der Waals surface area contributed by atoms with Gasteiger partial charge in [0.05, 0.1) is 0 Å². The van der Waals surface area contributed by atoms with E-state index in [4.69, 9.17) is 14.2 Å². The van der Waals surface area contributed by atoms with Gasteiger partial charge in [-0.2, -0.15) is 0 Å². The summed E-state index contributed by atoms with van der Waals surface area (Å²) in [5.74, 6) is 0.